The number of aromatic nitrogens is 4. The minimum atomic E-state index is -0.783. The lowest BCUT2D eigenvalue weighted by Gasteiger charge is -2.14. The Hall–Kier alpha value is -2.19. The third-order valence-electron chi connectivity index (χ3n) is 2.98. The van der Waals surface area contributed by atoms with Crippen LogP contribution in [0, 0.1) is 5.92 Å². The number of nitrogens with zero attached hydrogens (tertiary/aromatic N) is 3. The number of nitrogens with one attached hydrogen (secondary N) is 3. The first-order valence-electron chi connectivity index (χ1n) is 6.57. The number of carboxylic acids is 1. The smallest absolute Gasteiger partial charge is 0.315 e. The molecule has 0 radical (unpaired) electrons. The third kappa shape index (κ3) is 6.66. The van der Waals surface area contributed by atoms with Gasteiger partial charge in [-0.25, -0.2) is 4.79 Å². The Morgan fingerprint density at radius 3 is 2.75 bits per heavy atom. The number of aromatic amines is 1. The highest BCUT2D eigenvalue weighted by molar-refractivity contribution is 5.73. The summed E-state index contributed by atoms with van der Waals surface area (Å²) in [4.78, 5) is 22.0. The van der Waals surface area contributed by atoms with Gasteiger partial charge in [0.05, 0.1) is 6.54 Å². The molecule has 20 heavy (non-hydrogen) atoms. The maximum absolute atomic E-state index is 11.5. The normalized spacial score (nSPS) is 11.8. The van der Waals surface area contributed by atoms with E-state index in [-0.39, 0.29) is 19.0 Å². The second-order valence-corrected chi connectivity index (χ2v) is 4.43. The van der Waals surface area contributed by atoms with Crippen molar-refractivity contribution in [3.63, 3.8) is 0 Å². The molecule has 1 aromatic rings. The van der Waals surface area contributed by atoms with E-state index in [1.165, 1.54) is 0 Å². The lowest BCUT2D eigenvalue weighted by Crippen LogP contribution is -2.36. The van der Waals surface area contributed by atoms with E-state index in [0.29, 0.717) is 24.7 Å². The average molecular weight is 284 g/mol. The van der Waals surface area contributed by atoms with Crippen LogP contribution in [0.1, 0.15) is 38.4 Å². The van der Waals surface area contributed by atoms with Gasteiger partial charge in [0.1, 0.15) is 0 Å². The summed E-state index contributed by atoms with van der Waals surface area (Å²) in [6.07, 6.45) is 2.47. The van der Waals surface area contributed by atoms with Gasteiger partial charge in [-0.2, -0.15) is 5.21 Å². The monoisotopic (exact) mass is 284 g/mol. The van der Waals surface area contributed by atoms with E-state index in [4.69, 9.17) is 5.11 Å². The summed E-state index contributed by atoms with van der Waals surface area (Å²) in [5, 5.41) is 27.0. The van der Waals surface area contributed by atoms with Crippen LogP contribution in [0.3, 0.4) is 0 Å². The maximum atomic E-state index is 11.5. The molecule has 1 rings (SSSR count). The Morgan fingerprint density at radius 2 is 2.15 bits per heavy atom. The van der Waals surface area contributed by atoms with Crippen molar-refractivity contribution < 1.29 is 14.7 Å². The van der Waals surface area contributed by atoms with Crippen LogP contribution < -0.4 is 10.6 Å². The van der Waals surface area contributed by atoms with E-state index in [2.05, 4.69) is 31.3 Å². The zero-order valence-corrected chi connectivity index (χ0v) is 11.4. The lowest BCUT2D eigenvalue weighted by molar-refractivity contribution is -0.137. The molecule has 4 N–H and O–H groups in total. The zero-order chi connectivity index (χ0) is 14.8. The molecule has 0 aliphatic heterocycles. The van der Waals surface area contributed by atoms with Gasteiger partial charge in [0.25, 0.3) is 0 Å². The molecule has 9 nitrogen and oxygen atoms in total. The Labute approximate surface area is 116 Å². The Morgan fingerprint density at radius 1 is 1.35 bits per heavy atom. The summed E-state index contributed by atoms with van der Waals surface area (Å²) < 4.78 is 0. The van der Waals surface area contributed by atoms with Gasteiger partial charge in [0.2, 0.25) is 0 Å². The average Bonchev–Trinajstić information content (AvgIpc) is 2.93. The van der Waals surface area contributed by atoms with Crippen LogP contribution in [0.25, 0.3) is 0 Å². The maximum Gasteiger partial charge on any atom is 0.315 e. The van der Waals surface area contributed by atoms with Gasteiger partial charge in [0.15, 0.2) is 5.82 Å². The Bertz CT molecular complexity index is 408. The van der Waals surface area contributed by atoms with Crippen LogP contribution >= 0.6 is 0 Å². The third-order valence-corrected chi connectivity index (χ3v) is 2.98. The van der Waals surface area contributed by atoms with E-state index in [9.17, 15) is 9.59 Å². The number of hydrogen-bond donors (Lipinski definition) is 4. The van der Waals surface area contributed by atoms with Crippen molar-refractivity contribution in [2.45, 2.75) is 39.2 Å². The summed E-state index contributed by atoms with van der Waals surface area (Å²) >= 11 is 0. The van der Waals surface area contributed by atoms with Crippen LogP contribution in [-0.2, 0) is 11.3 Å². The Balaban J connectivity index is 2.11. The quantitative estimate of drug-likeness (QED) is 0.514. The highest BCUT2D eigenvalue weighted by atomic mass is 16.4. The number of H-pyrrole nitrogens is 1. The predicted molar refractivity (Wildman–Crippen MR) is 69.7 cm³/mol. The minimum absolute atomic E-state index is 0.169. The van der Waals surface area contributed by atoms with Crippen LogP contribution in [0.4, 0.5) is 4.79 Å². The molecular weight excluding hydrogens is 264 g/mol. The molecule has 2 amide bonds. The molecule has 0 saturated carbocycles. The second-order valence-electron chi connectivity index (χ2n) is 4.43. The fraction of sp³-hybridized carbons (Fsp3) is 0.727. The summed E-state index contributed by atoms with van der Waals surface area (Å²) in [7, 11) is 0. The molecule has 0 aliphatic carbocycles. The zero-order valence-electron chi connectivity index (χ0n) is 11.4. The van der Waals surface area contributed by atoms with E-state index >= 15 is 0 Å². The predicted octanol–water partition coefficient (Wildman–Crippen LogP) is 0.280. The fourth-order valence-electron chi connectivity index (χ4n) is 1.75. The lowest BCUT2D eigenvalue weighted by atomic mass is 9.97. The van der Waals surface area contributed by atoms with Crippen molar-refractivity contribution in [1.29, 1.82) is 0 Å². The van der Waals surface area contributed by atoms with Gasteiger partial charge in [-0.3, -0.25) is 4.79 Å². The van der Waals surface area contributed by atoms with E-state index in [1.54, 1.807) is 0 Å². The van der Waals surface area contributed by atoms with Crippen molar-refractivity contribution in [2.75, 3.05) is 6.54 Å². The summed E-state index contributed by atoms with van der Waals surface area (Å²) in [5.41, 5.74) is 0. The number of aliphatic carboxylic acids is 1. The molecule has 112 valence electrons. The number of carboxylic acid groups (broad SMARTS) is 1. The van der Waals surface area contributed by atoms with Crippen LogP contribution in [0.15, 0.2) is 0 Å². The molecule has 0 aromatic carbocycles. The van der Waals surface area contributed by atoms with Crippen molar-refractivity contribution in [1.82, 2.24) is 31.3 Å². The molecule has 1 heterocycles. The molecule has 9 heteroatoms. The first-order valence-corrected chi connectivity index (χ1v) is 6.57. The number of hydrogen-bond acceptors (Lipinski definition) is 5. The summed E-state index contributed by atoms with van der Waals surface area (Å²) in [6, 6.07) is -0.303. The molecule has 1 atom stereocenters. The van der Waals surface area contributed by atoms with Gasteiger partial charge >= 0.3 is 12.0 Å². The highest BCUT2D eigenvalue weighted by Crippen LogP contribution is 2.14. The summed E-state index contributed by atoms with van der Waals surface area (Å²) in [6.45, 7) is 2.73. The first-order chi connectivity index (χ1) is 9.61. The van der Waals surface area contributed by atoms with Crippen molar-refractivity contribution in [3.8, 4) is 0 Å². The standard InChI is InChI=1S/C11H20N6O3/c1-2-8(3-4-10(18)19)5-6-12-11(20)13-7-9-14-16-17-15-9/h8H,2-7H2,1H3,(H,18,19)(H2,12,13,20)(H,14,15,16,17). The van der Waals surface area contributed by atoms with Gasteiger partial charge in [-0.05, 0) is 18.8 Å². The van der Waals surface area contributed by atoms with Crippen molar-refractivity contribution in [2.24, 2.45) is 5.92 Å². The van der Waals surface area contributed by atoms with Gasteiger partial charge < -0.3 is 15.7 Å². The molecule has 0 fully saturated rings. The number of carbonyl (C=O) groups excluding carboxylic acids is 1. The van der Waals surface area contributed by atoms with E-state index in [0.717, 1.165) is 12.8 Å². The highest BCUT2D eigenvalue weighted by Gasteiger charge is 2.09. The van der Waals surface area contributed by atoms with Crippen LogP contribution in [-0.4, -0.2) is 44.3 Å². The van der Waals surface area contributed by atoms with Crippen molar-refractivity contribution >= 4 is 12.0 Å². The largest absolute Gasteiger partial charge is 0.481 e. The number of amides is 2. The molecule has 1 aromatic heterocycles. The molecule has 0 bridgehead atoms. The molecule has 0 saturated heterocycles. The van der Waals surface area contributed by atoms with Crippen molar-refractivity contribution in [3.05, 3.63) is 5.82 Å². The Kier molecular flexibility index (Phi) is 7.01. The van der Waals surface area contributed by atoms with E-state index < -0.39 is 5.97 Å². The SMILES string of the molecule is CCC(CCNC(=O)NCc1nn[nH]n1)CCC(=O)O. The molecule has 1 unspecified atom stereocenters. The van der Waals surface area contributed by atoms with E-state index in [1.807, 2.05) is 6.92 Å². The second kappa shape index (κ2) is 8.83. The topological polar surface area (TPSA) is 133 Å². The number of rotatable bonds is 9. The van der Waals surface area contributed by atoms with Gasteiger partial charge in [-0.15, -0.1) is 10.2 Å². The van der Waals surface area contributed by atoms with Crippen LogP contribution in [0.5, 0.6) is 0 Å². The number of tetrazole rings is 1. The van der Waals surface area contributed by atoms with Gasteiger partial charge in [0, 0.05) is 13.0 Å². The molecule has 0 spiro atoms. The fourth-order valence-corrected chi connectivity index (χ4v) is 1.75. The minimum Gasteiger partial charge on any atom is -0.481 e. The number of urea groups is 1. The molecular formula is C11H20N6O3. The summed E-state index contributed by atoms with van der Waals surface area (Å²) in [5.74, 6) is -0.0640. The van der Waals surface area contributed by atoms with Gasteiger partial charge in [-0.1, -0.05) is 18.6 Å². The first kappa shape index (κ1) is 15.9. The van der Waals surface area contributed by atoms with Crippen LogP contribution in [0.2, 0.25) is 0 Å². The number of carbonyl (C=O) groups is 2. The molecule has 0 aliphatic rings.